The summed E-state index contributed by atoms with van der Waals surface area (Å²) in [7, 11) is 1.35. The number of methoxy groups -OCH3 is 1. The molecule has 0 radical (unpaired) electrons. The lowest BCUT2D eigenvalue weighted by Crippen LogP contribution is -2.12. The van der Waals surface area contributed by atoms with E-state index in [4.69, 9.17) is 4.74 Å². The third-order valence-corrected chi connectivity index (χ3v) is 5.45. The van der Waals surface area contributed by atoms with Crippen molar-refractivity contribution in [2.75, 3.05) is 7.11 Å². The smallest absolute Gasteiger partial charge is 0.416 e. The molecule has 0 aliphatic rings. The van der Waals surface area contributed by atoms with Gasteiger partial charge in [0.2, 0.25) is 0 Å². The Morgan fingerprint density at radius 2 is 1.86 bits per heavy atom. The largest absolute Gasteiger partial charge is 0.494 e. The fourth-order valence-electron chi connectivity index (χ4n) is 3.61. The van der Waals surface area contributed by atoms with E-state index >= 15 is 0 Å². The lowest BCUT2D eigenvalue weighted by atomic mass is 10.0. The highest BCUT2D eigenvalue weighted by Crippen LogP contribution is 2.32. The molecule has 1 N–H and O–H groups in total. The second-order valence-electron chi connectivity index (χ2n) is 7.84. The van der Waals surface area contributed by atoms with E-state index in [0.717, 1.165) is 12.1 Å². The van der Waals surface area contributed by atoms with Crippen molar-refractivity contribution in [2.45, 2.75) is 25.6 Å². The van der Waals surface area contributed by atoms with Crippen molar-refractivity contribution in [3.8, 4) is 17.0 Å². The zero-order valence-electron chi connectivity index (χ0n) is 18.5. The van der Waals surface area contributed by atoms with Crippen LogP contribution in [0.3, 0.4) is 0 Å². The highest BCUT2D eigenvalue weighted by molar-refractivity contribution is 5.56. The monoisotopic (exact) mass is 490 g/mol. The molecule has 0 saturated heterocycles. The summed E-state index contributed by atoms with van der Waals surface area (Å²) in [5.74, 6) is -1.14. The molecule has 2 heterocycles. The van der Waals surface area contributed by atoms with Crippen LogP contribution in [0.4, 0.5) is 22.0 Å². The highest BCUT2D eigenvalue weighted by atomic mass is 19.4. The molecule has 0 bridgehead atoms. The van der Waals surface area contributed by atoms with E-state index < -0.39 is 35.0 Å². The number of ether oxygens (including phenoxy) is 1. The Morgan fingerprint density at radius 3 is 2.54 bits per heavy atom. The molecule has 2 aromatic carbocycles. The first-order chi connectivity index (χ1) is 16.5. The summed E-state index contributed by atoms with van der Waals surface area (Å²) in [6, 6.07) is 7.17. The Hall–Kier alpha value is -4.02. The Bertz CT molecular complexity index is 1430. The van der Waals surface area contributed by atoms with E-state index in [0.29, 0.717) is 28.7 Å². The van der Waals surface area contributed by atoms with Crippen LogP contribution in [0, 0.1) is 11.6 Å². The van der Waals surface area contributed by atoms with Gasteiger partial charge in [0.05, 0.1) is 30.6 Å². The fraction of sp³-hybridized carbons (Fsp3) is 0.208. The minimum Gasteiger partial charge on any atom is -0.494 e. The molecule has 0 spiro atoms. The van der Waals surface area contributed by atoms with Crippen molar-refractivity contribution >= 4 is 0 Å². The maximum Gasteiger partial charge on any atom is 0.416 e. The number of H-pyrrole nitrogens is 1. The molecule has 0 amide bonds. The zero-order chi connectivity index (χ0) is 25.3. The molecular formula is C24H19F5N4O2. The van der Waals surface area contributed by atoms with Crippen molar-refractivity contribution in [1.29, 1.82) is 0 Å². The van der Waals surface area contributed by atoms with Gasteiger partial charge < -0.3 is 9.72 Å². The summed E-state index contributed by atoms with van der Waals surface area (Å²) in [6.07, 6.45) is -1.51. The van der Waals surface area contributed by atoms with Crippen LogP contribution in [0.5, 0.6) is 5.75 Å². The average molecular weight is 490 g/mol. The molecule has 0 fully saturated rings. The van der Waals surface area contributed by atoms with Gasteiger partial charge in [-0.3, -0.25) is 9.48 Å². The summed E-state index contributed by atoms with van der Waals surface area (Å²) in [5.41, 5.74) is -0.0692. The van der Waals surface area contributed by atoms with Crippen LogP contribution >= 0.6 is 0 Å². The van der Waals surface area contributed by atoms with Crippen molar-refractivity contribution < 1.29 is 26.7 Å². The standard InChI is InChI=1S/C24H19F5N4O2/c1-13(17-5-4-16(9-19(17)26)24(27,28)29)33-12-15(11-30-33)20-10-23(34)32-22(31-20)8-14-3-6-18(25)21(7-14)35-2/h3-7,9-13H,8H2,1-2H3,(H,31,32,34)/t13-/m1/s1. The first kappa shape index (κ1) is 24.1. The molecule has 4 aromatic rings. The highest BCUT2D eigenvalue weighted by Gasteiger charge is 2.31. The van der Waals surface area contributed by atoms with Gasteiger partial charge in [0.15, 0.2) is 11.6 Å². The molecule has 4 rings (SSSR count). The Morgan fingerprint density at radius 1 is 1.09 bits per heavy atom. The lowest BCUT2D eigenvalue weighted by molar-refractivity contribution is -0.137. The molecule has 2 aromatic heterocycles. The van der Waals surface area contributed by atoms with E-state index in [1.807, 2.05) is 0 Å². The van der Waals surface area contributed by atoms with Gasteiger partial charge in [0.25, 0.3) is 5.56 Å². The van der Waals surface area contributed by atoms with Gasteiger partial charge in [0.1, 0.15) is 11.6 Å². The van der Waals surface area contributed by atoms with Crippen molar-refractivity contribution in [1.82, 2.24) is 19.7 Å². The van der Waals surface area contributed by atoms with Gasteiger partial charge in [-0.1, -0.05) is 12.1 Å². The summed E-state index contributed by atoms with van der Waals surface area (Å²) < 4.78 is 72.9. The maximum absolute atomic E-state index is 14.4. The van der Waals surface area contributed by atoms with E-state index in [9.17, 15) is 26.7 Å². The Balaban J connectivity index is 1.60. The van der Waals surface area contributed by atoms with Crippen LogP contribution in [-0.2, 0) is 12.6 Å². The number of nitrogens with one attached hydrogen (secondary N) is 1. The number of alkyl halides is 3. The van der Waals surface area contributed by atoms with Crippen LogP contribution in [0.25, 0.3) is 11.3 Å². The predicted octanol–water partition coefficient (Wildman–Crippen LogP) is 5.14. The number of benzene rings is 2. The molecule has 0 unspecified atom stereocenters. The van der Waals surface area contributed by atoms with Gasteiger partial charge in [0, 0.05) is 29.8 Å². The van der Waals surface area contributed by atoms with E-state index in [2.05, 4.69) is 15.1 Å². The van der Waals surface area contributed by atoms with E-state index in [-0.39, 0.29) is 17.7 Å². The Kier molecular flexibility index (Phi) is 6.42. The number of hydrogen-bond donors (Lipinski definition) is 1. The van der Waals surface area contributed by atoms with Crippen molar-refractivity contribution in [3.05, 3.63) is 99.4 Å². The third-order valence-electron chi connectivity index (χ3n) is 5.45. The third kappa shape index (κ3) is 5.23. The van der Waals surface area contributed by atoms with Crippen LogP contribution in [0.15, 0.2) is 59.7 Å². The van der Waals surface area contributed by atoms with Crippen molar-refractivity contribution in [2.24, 2.45) is 0 Å². The van der Waals surface area contributed by atoms with Gasteiger partial charge in [-0.2, -0.15) is 18.3 Å². The summed E-state index contributed by atoms with van der Waals surface area (Å²) in [6.45, 7) is 1.58. The van der Waals surface area contributed by atoms with E-state index in [1.165, 1.54) is 42.4 Å². The number of aromatic nitrogens is 4. The summed E-state index contributed by atoms with van der Waals surface area (Å²) >= 11 is 0. The van der Waals surface area contributed by atoms with Crippen molar-refractivity contribution in [3.63, 3.8) is 0 Å². The van der Waals surface area contributed by atoms with Crippen LogP contribution in [0.1, 0.15) is 35.5 Å². The molecule has 0 saturated carbocycles. The summed E-state index contributed by atoms with van der Waals surface area (Å²) in [4.78, 5) is 19.3. The number of aromatic amines is 1. The molecule has 11 heteroatoms. The van der Waals surface area contributed by atoms with Gasteiger partial charge >= 0.3 is 6.18 Å². The predicted molar refractivity (Wildman–Crippen MR) is 117 cm³/mol. The normalized spacial score (nSPS) is 12.5. The van der Waals surface area contributed by atoms with Crippen LogP contribution in [0.2, 0.25) is 0 Å². The fourth-order valence-corrected chi connectivity index (χ4v) is 3.61. The molecule has 35 heavy (non-hydrogen) atoms. The topological polar surface area (TPSA) is 72.8 Å². The molecule has 0 aliphatic carbocycles. The minimum absolute atomic E-state index is 0.0254. The van der Waals surface area contributed by atoms with Gasteiger partial charge in [-0.25, -0.2) is 13.8 Å². The Labute approximate surface area is 196 Å². The number of halogens is 5. The maximum atomic E-state index is 14.4. The molecule has 0 aliphatic heterocycles. The molecule has 182 valence electrons. The second-order valence-corrected chi connectivity index (χ2v) is 7.84. The van der Waals surface area contributed by atoms with E-state index in [1.54, 1.807) is 13.0 Å². The molecule has 6 nitrogen and oxygen atoms in total. The van der Waals surface area contributed by atoms with Gasteiger partial charge in [-0.05, 0) is 36.8 Å². The van der Waals surface area contributed by atoms with Gasteiger partial charge in [-0.15, -0.1) is 0 Å². The lowest BCUT2D eigenvalue weighted by Gasteiger charge is -2.15. The SMILES string of the molecule is COc1cc(Cc2nc(-c3cnn([C@H](C)c4ccc(C(F)(F)F)cc4F)c3)cc(=O)[nH]2)ccc1F. The molecule has 1 atom stereocenters. The molecular weight excluding hydrogens is 471 g/mol. The average Bonchev–Trinajstić information content (AvgIpc) is 3.29. The second kappa shape index (κ2) is 9.32. The first-order valence-corrected chi connectivity index (χ1v) is 10.4. The zero-order valence-corrected chi connectivity index (χ0v) is 18.5. The summed E-state index contributed by atoms with van der Waals surface area (Å²) in [5, 5.41) is 4.17. The quantitative estimate of drug-likeness (QED) is 0.380. The van der Waals surface area contributed by atoms with Crippen LogP contribution < -0.4 is 10.3 Å². The first-order valence-electron chi connectivity index (χ1n) is 10.4. The number of nitrogens with zero attached hydrogens (tertiary/aromatic N) is 3. The number of rotatable bonds is 6. The number of hydrogen-bond acceptors (Lipinski definition) is 4. The minimum atomic E-state index is -4.65. The van der Waals surface area contributed by atoms with Crippen LogP contribution in [-0.4, -0.2) is 26.9 Å².